The third kappa shape index (κ3) is 2.22. The van der Waals surface area contributed by atoms with Gasteiger partial charge in [-0.1, -0.05) is 0 Å². The predicted molar refractivity (Wildman–Crippen MR) is 57.0 cm³/mol. The van der Waals surface area contributed by atoms with Crippen molar-refractivity contribution in [2.45, 2.75) is 6.17 Å². The van der Waals surface area contributed by atoms with E-state index in [1.807, 2.05) is 0 Å². The Morgan fingerprint density at radius 3 is 2.73 bits per heavy atom. The number of hydrogen-bond donors (Lipinski definition) is 2. The van der Waals surface area contributed by atoms with Crippen molar-refractivity contribution in [3.63, 3.8) is 0 Å². The Morgan fingerprint density at radius 1 is 1.47 bits per heavy atom. The van der Waals surface area contributed by atoms with Crippen LogP contribution < -0.4 is 10.6 Å². The van der Waals surface area contributed by atoms with Crippen LogP contribution in [0.3, 0.4) is 0 Å². The summed E-state index contributed by atoms with van der Waals surface area (Å²) in [6.07, 6.45) is 1.72. The number of non-ortho nitro benzene ring substituents is 1. The summed E-state index contributed by atoms with van der Waals surface area (Å²) in [6.45, 7) is 0.664. The van der Waals surface area contributed by atoms with E-state index in [-0.39, 0.29) is 11.9 Å². The molecule has 1 atom stereocenters. The number of hydrogen-bond acceptors (Lipinski definition) is 5. The first-order valence-corrected chi connectivity index (χ1v) is 4.51. The average molecular weight is 206 g/mol. The molecule has 1 aliphatic heterocycles. The van der Waals surface area contributed by atoms with Crippen molar-refractivity contribution in [1.29, 1.82) is 0 Å². The summed E-state index contributed by atoms with van der Waals surface area (Å²) in [4.78, 5) is 14.0. The monoisotopic (exact) mass is 206 g/mol. The number of nitro benzene ring substituents is 1. The topological polar surface area (TPSA) is 79.6 Å². The summed E-state index contributed by atoms with van der Waals surface area (Å²) in [5.74, 6) is 0. The normalized spacial score (nSPS) is 18.5. The van der Waals surface area contributed by atoms with Gasteiger partial charge >= 0.3 is 0 Å². The minimum absolute atomic E-state index is 0.0754. The zero-order chi connectivity index (χ0) is 10.7. The molecule has 1 unspecified atom stereocenters. The van der Waals surface area contributed by atoms with Crippen LogP contribution >= 0.6 is 0 Å². The molecular formula is C9H10N4O2. The van der Waals surface area contributed by atoms with E-state index in [2.05, 4.69) is 15.6 Å². The van der Waals surface area contributed by atoms with Gasteiger partial charge in [0.1, 0.15) is 6.17 Å². The Labute approximate surface area is 86.2 Å². The summed E-state index contributed by atoms with van der Waals surface area (Å²) >= 11 is 0. The number of aliphatic imine (C=N–C) groups is 1. The molecule has 0 aromatic heterocycles. The highest BCUT2D eigenvalue weighted by Crippen LogP contribution is 2.15. The second-order valence-electron chi connectivity index (χ2n) is 3.16. The molecule has 1 aromatic rings. The summed E-state index contributed by atoms with van der Waals surface area (Å²) in [5.41, 5.74) is 0.930. The highest BCUT2D eigenvalue weighted by atomic mass is 16.6. The van der Waals surface area contributed by atoms with Gasteiger partial charge in [0.2, 0.25) is 0 Å². The predicted octanol–water partition coefficient (Wildman–Crippen LogP) is 0.964. The summed E-state index contributed by atoms with van der Waals surface area (Å²) < 4.78 is 0. The minimum Gasteiger partial charge on any atom is -0.364 e. The van der Waals surface area contributed by atoms with Crippen LogP contribution in [0.4, 0.5) is 11.4 Å². The fourth-order valence-electron chi connectivity index (χ4n) is 1.32. The van der Waals surface area contributed by atoms with Gasteiger partial charge in [0.05, 0.1) is 17.8 Å². The lowest BCUT2D eigenvalue weighted by atomic mass is 10.3. The first kappa shape index (κ1) is 9.45. The van der Waals surface area contributed by atoms with Crippen molar-refractivity contribution in [2.75, 3.05) is 11.9 Å². The highest BCUT2D eigenvalue weighted by molar-refractivity contribution is 5.59. The molecule has 0 radical (unpaired) electrons. The number of nitrogens with zero attached hydrogens (tertiary/aromatic N) is 2. The molecule has 0 aliphatic carbocycles. The molecule has 0 saturated carbocycles. The van der Waals surface area contributed by atoms with Crippen LogP contribution in [0.2, 0.25) is 0 Å². The molecule has 2 N–H and O–H groups in total. The largest absolute Gasteiger partial charge is 0.364 e. The fourth-order valence-corrected chi connectivity index (χ4v) is 1.32. The zero-order valence-corrected chi connectivity index (χ0v) is 7.88. The summed E-state index contributed by atoms with van der Waals surface area (Å²) in [6, 6.07) is 6.30. The zero-order valence-electron chi connectivity index (χ0n) is 7.88. The first-order chi connectivity index (χ1) is 7.25. The lowest BCUT2D eigenvalue weighted by Crippen LogP contribution is -2.32. The van der Waals surface area contributed by atoms with Crippen LogP contribution in [0.25, 0.3) is 0 Å². The number of benzene rings is 1. The Morgan fingerprint density at radius 2 is 2.20 bits per heavy atom. The van der Waals surface area contributed by atoms with E-state index in [0.717, 1.165) is 5.69 Å². The minimum atomic E-state index is -0.416. The molecule has 0 amide bonds. The van der Waals surface area contributed by atoms with Crippen molar-refractivity contribution >= 4 is 17.7 Å². The molecule has 6 nitrogen and oxygen atoms in total. The quantitative estimate of drug-likeness (QED) is 0.570. The Balaban J connectivity index is 2.00. The van der Waals surface area contributed by atoms with Crippen molar-refractivity contribution in [1.82, 2.24) is 5.32 Å². The molecule has 78 valence electrons. The van der Waals surface area contributed by atoms with Gasteiger partial charge in [0, 0.05) is 17.8 Å². The number of nitro groups is 1. The van der Waals surface area contributed by atoms with E-state index in [0.29, 0.717) is 6.54 Å². The lowest BCUT2D eigenvalue weighted by Gasteiger charge is -2.12. The molecular weight excluding hydrogens is 196 g/mol. The standard InChI is InChI=1S/C9H10N4O2/c14-13(15)8-3-1-7(2-4-8)12-9-5-10-6-11-9/h1-4,6,9,12H,5H2,(H,10,11). The van der Waals surface area contributed by atoms with Crippen LogP contribution in [0.15, 0.2) is 29.3 Å². The van der Waals surface area contributed by atoms with Crippen molar-refractivity contribution < 1.29 is 4.92 Å². The van der Waals surface area contributed by atoms with Gasteiger partial charge in [-0.2, -0.15) is 0 Å². The van der Waals surface area contributed by atoms with Gasteiger partial charge in [0.25, 0.3) is 5.69 Å². The number of rotatable bonds is 3. The average Bonchev–Trinajstić information content (AvgIpc) is 2.71. The van der Waals surface area contributed by atoms with E-state index >= 15 is 0 Å². The molecule has 1 heterocycles. The van der Waals surface area contributed by atoms with Gasteiger partial charge in [-0.25, -0.2) is 0 Å². The maximum absolute atomic E-state index is 10.4. The van der Waals surface area contributed by atoms with Crippen LogP contribution in [-0.4, -0.2) is 24.0 Å². The van der Waals surface area contributed by atoms with Gasteiger partial charge in [-0.15, -0.1) is 0 Å². The van der Waals surface area contributed by atoms with Gasteiger partial charge < -0.3 is 10.6 Å². The molecule has 0 fully saturated rings. The van der Waals surface area contributed by atoms with Gasteiger partial charge in [-0.3, -0.25) is 15.1 Å². The fraction of sp³-hybridized carbons (Fsp3) is 0.222. The summed E-state index contributed by atoms with van der Waals surface area (Å²) in [5, 5.41) is 16.6. The van der Waals surface area contributed by atoms with E-state index in [4.69, 9.17) is 0 Å². The first-order valence-electron chi connectivity index (χ1n) is 4.51. The smallest absolute Gasteiger partial charge is 0.269 e. The molecule has 0 saturated heterocycles. The second-order valence-corrected chi connectivity index (χ2v) is 3.16. The van der Waals surface area contributed by atoms with E-state index in [1.54, 1.807) is 18.5 Å². The molecule has 0 bridgehead atoms. The van der Waals surface area contributed by atoms with Crippen LogP contribution in [0.5, 0.6) is 0 Å². The van der Waals surface area contributed by atoms with Crippen molar-refractivity contribution in [3.05, 3.63) is 34.4 Å². The number of anilines is 1. The SMILES string of the molecule is O=[N+]([O-])c1ccc(NC2CN=CN2)cc1. The van der Waals surface area contributed by atoms with E-state index in [1.165, 1.54) is 12.1 Å². The van der Waals surface area contributed by atoms with Gasteiger partial charge in [0.15, 0.2) is 0 Å². The molecule has 6 heteroatoms. The van der Waals surface area contributed by atoms with Crippen LogP contribution in [0.1, 0.15) is 0 Å². The van der Waals surface area contributed by atoms with Crippen LogP contribution in [-0.2, 0) is 0 Å². The van der Waals surface area contributed by atoms with E-state index in [9.17, 15) is 10.1 Å². The second kappa shape index (κ2) is 3.95. The van der Waals surface area contributed by atoms with E-state index < -0.39 is 4.92 Å². The molecule has 0 spiro atoms. The van der Waals surface area contributed by atoms with Crippen molar-refractivity contribution in [3.8, 4) is 0 Å². The third-order valence-electron chi connectivity index (χ3n) is 2.07. The maximum Gasteiger partial charge on any atom is 0.269 e. The highest BCUT2D eigenvalue weighted by Gasteiger charge is 2.10. The Bertz CT molecular complexity index is 380. The summed E-state index contributed by atoms with van der Waals surface area (Å²) in [7, 11) is 0. The Hall–Kier alpha value is -2.11. The Kier molecular flexibility index (Phi) is 2.49. The van der Waals surface area contributed by atoms with Crippen LogP contribution in [0, 0.1) is 10.1 Å². The third-order valence-corrected chi connectivity index (χ3v) is 2.07. The number of nitrogens with one attached hydrogen (secondary N) is 2. The molecule has 1 aromatic carbocycles. The molecule has 15 heavy (non-hydrogen) atoms. The lowest BCUT2D eigenvalue weighted by molar-refractivity contribution is -0.384. The van der Waals surface area contributed by atoms with Gasteiger partial charge in [-0.05, 0) is 12.1 Å². The molecule has 1 aliphatic rings. The maximum atomic E-state index is 10.4. The van der Waals surface area contributed by atoms with Crippen molar-refractivity contribution in [2.24, 2.45) is 4.99 Å². The molecule has 2 rings (SSSR count).